The number of likely N-dealkylation sites (tertiary alicyclic amines) is 1. The third kappa shape index (κ3) is 3.95. The van der Waals surface area contributed by atoms with Gasteiger partial charge in [-0.25, -0.2) is 9.97 Å². The maximum Gasteiger partial charge on any atom is 0.433 e. The fourth-order valence-electron chi connectivity index (χ4n) is 3.72. The third-order valence-electron chi connectivity index (χ3n) is 5.29. The molecule has 0 atom stereocenters. The molecular weight excluding hydrogens is 413 g/mol. The number of rotatable bonds is 4. The number of nitrogens with zero attached hydrogens (tertiary/aromatic N) is 3. The number of hydrogen-bond acceptors (Lipinski definition) is 6. The minimum atomic E-state index is -4.60. The van der Waals surface area contributed by atoms with Crippen LogP contribution in [-0.2, 0) is 12.7 Å². The average molecular weight is 434 g/mol. The Kier molecular flexibility index (Phi) is 5.57. The molecule has 4 rings (SSSR count). The van der Waals surface area contributed by atoms with Crippen LogP contribution >= 0.6 is 0 Å². The van der Waals surface area contributed by atoms with E-state index in [9.17, 15) is 18.0 Å². The van der Waals surface area contributed by atoms with Crippen LogP contribution in [0.15, 0.2) is 28.7 Å². The van der Waals surface area contributed by atoms with Crippen molar-refractivity contribution in [2.24, 2.45) is 5.73 Å². The number of carbonyl (C=O) groups excluding carboxylic acids is 1. The molecule has 1 aliphatic rings. The third-order valence-corrected chi connectivity index (χ3v) is 5.29. The van der Waals surface area contributed by atoms with Gasteiger partial charge in [0.2, 0.25) is 5.89 Å². The van der Waals surface area contributed by atoms with Gasteiger partial charge in [-0.05, 0) is 43.5 Å². The molecule has 1 fully saturated rings. The number of alkyl halides is 3. The predicted octanol–water partition coefficient (Wildman–Crippen LogP) is 4.00. The second-order valence-corrected chi connectivity index (χ2v) is 7.25. The number of benzene rings is 1. The fourth-order valence-corrected chi connectivity index (χ4v) is 3.72. The van der Waals surface area contributed by atoms with Crippen LogP contribution in [0.2, 0.25) is 0 Å². The lowest BCUT2D eigenvalue weighted by atomic mass is 10.1. The van der Waals surface area contributed by atoms with Crippen LogP contribution in [0.3, 0.4) is 0 Å². The first-order valence-electron chi connectivity index (χ1n) is 9.88. The molecule has 2 aromatic heterocycles. The topological polar surface area (TPSA) is 94.5 Å². The zero-order valence-corrected chi connectivity index (χ0v) is 16.8. The summed E-state index contributed by atoms with van der Waals surface area (Å²) in [6.45, 7) is 1.24. The van der Waals surface area contributed by atoms with E-state index in [0.717, 1.165) is 25.3 Å². The molecule has 10 heteroatoms. The van der Waals surface area contributed by atoms with Crippen molar-refractivity contribution in [1.29, 1.82) is 0 Å². The van der Waals surface area contributed by atoms with E-state index in [4.69, 9.17) is 14.9 Å². The summed E-state index contributed by atoms with van der Waals surface area (Å²) in [7, 11) is 1.35. The Balaban J connectivity index is 1.81. The molecule has 0 aliphatic carbocycles. The molecule has 1 aliphatic heterocycles. The van der Waals surface area contributed by atoms with Crippen molar-refractivity contribution in [2.45, 2.75) is 32.0 Å². The predicted molar refractivity (Wildman–Crippen MR) is 106 cm³/mol. The van der Waals surface area contributed by atoms with Gasteiger partial charge in [0.1, 0.15) is 17.0 Å². The quantitative estimate of drug-likeness (QED) is 0.667. The highest BCUT2D eigenvalue weighted by molar-refractivity contribution is 5.98. The number of hydrogen-bond donors (Lipinski definition) is 1. The summed E-state index contributed by atoms with van der Waals surface area (Å²) < 4.78 is 50.4. The number of piperidine rings is 1. The average Bonchev–Trinajstić information content (AvgIpc) is 3.21. The molecule has 0 spiro atoms. The Morgan fingerprint density at radius 2 is 1.90 bits per heavy atom. The highest BCUT2D eigenvalue weighted by Crippen LogP contribution is 2.37. The van der Waals surface area contributed by atoms with E-state index in [1.807, 2.05) is 0 Å². The lowest BCUT2D eigenvalue weighted by Crippen LogP contribution is -2.36. The number of halogens is 3. The standard InChI is InChI=1S/C21H21F3N4O3/c1-30-14-7-5-13(12-6-8-16(21(22,23)24)26-17(12)14)19-27-18(15(11-25)31-19)20(29)28-9-3-2-4-10-28/h5-8H,2-4,9-11,25H2,1H3. The summed E-state index contributed by atoms with van der Waals surface area (Å²) in [5.74, 6) is 0.245. The van der Waals surface area contributed by atoms with E-state index in [2.05, 4.69) is 9.97 Å². The van der Waals surface area contributed by atoms with Crippen molar-refractivity contribution >= 4 is 16.8 Å². The van der Waals surface area contributed by atoms with Gasteiger partial charge in [0.05, 0.1) is 13.7 Å². The summed E-state index contributed by atoms with van der Waals surface area (Å²) in [6.07, 6.45) is -1.68. The Morgan fingerprint density at radius 1 is 1.16 bits per heavy atom. The second-order valence-electron chi connectivity index (χ2n) is 7.25. The van der Waals surface area contributed by atoms with Crippen molar-refractivity contribution in [2.75, 3.05) is 20.2 Å². The van der Waals surface area contributed by atoms with Crippen LogP contribution < -0.4 is 10.5 Å². The van der Waals surface area contributed by atoms with Gasteiger partial charge >= 0.3 is 6.18 Å². The van der Waals surface area contributed by atoms with Crippen LogP contribution in [-0.4, -0.2) is 41.0 Å². The van der Waals surface area contributed by atoms with Crippen molar-refractivity contribution in [1.82, 2.24) is 14.9 Å². The van der Waals surface area contributed by atoms with Gasteiger partial charge in [-0.1, -0.05) is 0 Å². The zero-order valence-electron chi connectivity index (χ0n) is 16.8. The Bertz CT molecular complexity index is 1120. The lowest BCUT2D eigenvalue weighted by Gasteiger charge is -2.25. The van der Waals surface area contributed by atoms with Crippen LogP contribution in [0.25, 0.3) is 22.4 Å². The largest absolute Gasteiger partial charge is 0.494 e. The van der Waals surface area contributed by atoms with E-state index in [-0.39, 0.29) is 41.1 Å². The molecule has 1 aromatic carbocycles. The first-order chi connectivity index (χ1) is 14.8. The molecule has 164 valence electrons. The molecule has 0 radical (unpaired) electrons. The van der Waals surface area contributed by atoms with E-state index < -0.39 is 11.9 Å². The van der Waals surface area contributed by atoms with Crippen molar-refractivity contribution in [3.8, 4) is 17.2 Å². The molecule has 3 heterocycles. The molecule has 0 bridgehead atoms. The van der Waals surface area contributed by atoms with Crippen LogP contribution in [0.1, 0.15) is 41.2 Å². The number of nitrogens with two attached hydrogens (primary N) is 1. The Labute approximate surface area is 176 Å². The van der Waals surface area contributed by atoms with Crippen molar-refractivity contribution < 1.29 is 27.1 Å². The van der Waals surface area contributed by atoms with Gasteiger partial charge in [-0.2, -0.15) is 13.2 Å². The minimum absolute atomic E-state index is 0.0197. The van der Waals surface area contributed by atoms with E-state index in [1.54, 1.807) is 11.0 Å². The Hall–Kier alpha value is -3.14. The molecule has 2 N–H and O–H groups in total. The number of pyridine rings is 1. The van der Waals surface area contributed by atoms with Gasteiger partial charge in [0.25, 0.3) is 5.91 Å². The summed E-state index contributed by atoms with van der Waals surface area (Å²) in [5.41, 5.74) is 5.28. The summed E-state index contributed by atoms with van der Waals surface area (Å²) in [4.78, 5) is 22.8. The van der Waals surface area contributed by atoms with Crippen molar-refractivity contribution in [3.63, 3.8) is 0 Å². The number of fused-ring (bicyclic) bond motifs is 1. The van der Waals surface area contributed by atoms with Crippen LogP contribution in [0.5, 0.6) is 5.75 Å². The van der Waals surface area contributed by atoms with Gasteiger partial charge in [-0.3, -0.25) is 4.79 Å². The highest BCUT2D eigenvalue weighted by Gasteiger charge is 2.33. The number of ether oxygens (including phenoxy) is 1. The van der Waals surface area contributed by atoms with Crippen molar-refractivity contribution in [3.05, 3.63) is 41.4 Å². The van der Waals surface area contributed by atoms with Gasteiger partial charge in [0, 0.05) is 24.0 Å². The first-order valence-corrected chi connectivity index (χ1v) is 9.88. The number of aromatic nitrogens is 2. The van der Waals surface area contributed by atoms with Crippen LogP contribution in [0.4, 0.5) is 13.2 Å². The maximum absolute atomic E-state index is 13.2. The smallest absolute Gasteiger partial charge is 0.433 e. The molecular formula is C21H21F3N4O3. The van der Waals surface area contributed by atoms with Gasteiger partial charge in [-0.15, -0.1) is 0 Å². The molecule has 7 nitrogen and oxygen atoms in total. The molecule has 3 aromatic rings. The van der Waals surface area contributed by atoms with E-state index in [1.165, 1.54) is 19.2 Å². The summed E-state index contributed by atoms with van der Waals surface area (Å²) in [5, 5.41) is 0.356. The zero-order chi connectivity index (χ0) is 22.2. The maximum atomic E-state index is 13.2. The number of oxazole rings is 1. The Morgan fingerprint density at radius 3 is 2.55 bits per heavy atom. The molecule has 1 saturated heterocycles. The lowest BCUT2D eigenvalue weighted by molar-refractivity contribution is -0.140. The summed E-state index contributed by atoms with van der Waals surface area (Å²) in [6, 6.07) is 5.28. The number of carbonyl (C=O) groups is 1. The minimum Gasteiger partial charge on any atom is -0.494 e. The molecule has 1 amide bonds. The summed E-state index contributed by atoms with van der Waals surface area (Å²) >= 11 is 0. The second kappa shape index (κ2) is 8.18. The fraction of sp³-hybridized carbons (Fsp3) is 0.381. The van der Waals surface area contributed by atoms with Gasteiger partial charge < -0.3 is 19.8 Å². The SMILES string of the molecule is COc1ccc(-c2nc(C(=O)N3CCCCC3)c(CN)o2)c2ccc(C(F)(F)F)nc12. The van der Waals surface area contributed by atoms with E-state index >= 15 is 0 Å². The molecule has 31 heavy (non-hydrogen) atoms. The normalized spacial score (nSPS) is 14.8. The first kappa shape index (κ1) is 21.1. The molecule has 0 unspecified atom stereocenters. The number of methoxy groups -OCH3 is 1. The monoisotopic (exact) mass is 434 g/mol. The van der Waals surface area contributed by atoms with Gasteiger partial charge in [0.15, 0.2) is 11.5 Å². The number of amides is 1. The molecule has 0 saturated carbocycles. The van der Waals surface area contributed by atoms with E-state index in [0.29, 0.717) is 24.0 Å². The van der Waals surface area contributed by atoms with Crippen LogP contribution in [0, 0.1) is 0 Å². The highest BCUT2D eigenvalue weighted by atomic mass is 19.4.